The number of piperazine rings is 1. The van der Waals surface area contributed by atoms with E-state index in [4.69, 9.17) is 4.74 Å². The van der Waals surface area contributed by atoms with Gasteiger partial charge in [0.2, 0.25) is 5.91 Å². The molecule has 29 heavy (non-hydrogen) atoms. The molecule has 0 saturated carbocycles. The highest BCUT2D eigenvalue weighted by molar-refractivity contribution is 5.96. The number of rotatable bonds is 3. The summed E-state index contributed by atoms with van der Waals surface area (Å²) in [5, 5.41) is 4.22. The predicted octanol–water partition coefficient (Wildman–Crippen LogP) is 1.32. The standard InChI is InChI=1S/C21H24N4O4/c1-13-9-17(23(2)22-13)20(27)24-11-15-10-16(21(28)29-3)19(25(15)18(26)12-24)14-7-5-4-6-8-14/h4-9,15-16,19H,10-12H2,1-3H3/t15-,16-,19-/m0/s1. The van der Waals surface area contributed by atoms with Gasteiger partial charge in [-0.25, -0.2) is 0 Å². The maximum atomic E-state index is 13.1. The molecule has 4 rings (SSSR count). The maximum absolute atomic E-state index is 13.1. The van der Waals surface area contributed by atoms with Crippen LogP contribution in [0.1, 0.15) is 34.2 Å². The second-order valence-corrected chi connectivity index (χ2v) is 7.66. The van der Waals surface area contributed by atoms with Crippen LogP contribution in [-0.4, -0.2) is 63.6 Å². The lowest BCUT2D eigenvalue weighted by Crippen LogP contribution is -2.56. The molecule has 2 amide bonds. The van der Waals surface area contributed by atoms with Crippen molar-refractivity contribution in [2.45, 2.75) is 25.4 Å². The van der Waals surface area contributed by atoms with Gasteiger partial charge in [0.15, 0.2) is 0 Å². The smallest absolute Gasteiger partial charge is 0.311 e. The van der Waals surface area contributed by atoms with E-state index in [1.165, 1.54) is 11.8 Å². The van der Waals surface area contributed by atoms with Gasteiger partial charge in [0.1, 0.15) is 12.2 Å². The molecule has 2 saturated heterocycles. The molecular formula is C21H24N4O4. The number of nitrogens with zero attached hydrogens (tertiary/aromatic N) is 4. The van der Waals surface area contributed by atoms with Crippen LogP contribution in [0, 0.1) is 12.8 Å². The van der Waals surface area contributed by atoms with E-state index in [9.17, 15) is 14.4 Å². The number of benzene rings is 1. The van der Waals surface area contributed by atoms with Crippen molar-refractivity contribution in [1.82, 2.24) is 19.6 Å². The number of aryl methyl sites for hydroxylation is 2. The maximum Gasteiger partial charge on any atom is 0.311 e. The Bertz CT molecular complexity index is 955. The number of esters is 1. The number of hydrogen-bond donors (Lipinski definition) is 0. The molecule has 0 unspecified atom stereocenters. The van der Waals surface area contributed by atoms with Gasteiger partial charge in [-0.05, 0) is 25.0 Å². The van der Waals surface area contributed by atoms with Crippen LogP contribution < -0.4 is 0 Å². The third-order valence-electron chi connectivity index (χ3n) is 5.80. The lowest BCUT2D eigenvalue weighted by Gasteiger charge is -2.40. The summed E-state index contributed by atoms with van der Waals surface area (Å²) < 4.78 is 6.56. The Morgan fingerprint density at radius 3 is 2.55 bits per heavy atom. The zero-order valence-electron chi connectivity index (χ0n) is 16.7. The van der Waals surface area contributed by atoms with Crippen molar-refractivity contribution < 1.29 is 19.1 Å². The Kier molecular flexibility index (Phi) is 4.86. The highest BCUT2D eigenvalue weighted by Crippen LogP contribution is 2.43. The summed E-state index contributed by atoms with van der Waals surface area (Å²) in [5.74, 6) is -1.17. The third kappa shape index (κ3) is 3.28. The van der Waals surface area contributed by atoms with E-state index in [1.54, 1.807) is 22.9 Å². The van der Waals surface area contributed by atoms with E-state index in [0.29, 0.717) is 18.7 Å². The molecule has 2 aromatic rings. The van der Waals surface area contributed by atoms with E-state index in [0.717, 1.165) is 11.3 Å². The topological polar surface area (TPSA) is 84.7 Å². The number of ether oxygens (including phenoxy) is 1. The van der Waals surface area contributed by atoms with Crippen LogP contribution in [0.15, 0.2) is 36.4 Å². The van der Waals surface area contributed by atoms with Crippen molar-refractivity contribution in [2.24, 2.45) is 13.0 Å². The number of amides is 2. The van der Waals surface area contributed by atoms with Gasteiger partial charge >= 0.3 is 5.97 Å². The van der Waals surface area contributed by atoms with Crippen LogP contribution in [0.25, 0.3) is 0 Å². The van der Waals surface area contributed by atoms with E-state index in [-0.39, 0.29) is 36.4 Å². The number of aromatic nitrogens is 2. The Balaban J connectivity index is 1.63. The second kappa shape index (κ2) is 7.35. The van der Waals surface area contributed by atoms with Crippen LogP contribution in [0.5, 0.6) is 0 Å². The fourth-order valence-electron chi connectivity index (χ4n) is 4.59. The fourth-order valence-corrected chi connectivity index (χ4v) is 4.59. The average Bonchev–Trinajstić information content (AvgIpc) is 3.27. The summed E-state index contributed by atoms with van der Waals surface area (Å²) in [4.78, 5) is 41.9. The van der Waals surface area contributed by atoms with E-state index >= 15 is 0 Å². The first-order valence-corrected chi connectivity index (χ1v) is 9.64. The Morgan fingerprint density at radius 1 is 1.21 bits per heavy atom. The highest BCUT2D eigenvalue weighted by atomic mass is 16.5. The Morgan fingerprint density at radius 2 is 1.93 bits per heavy atom. The normalized spacial score (nSPS) is 23.8. The molecule has 2 aliphatic rings. The first-order valence-electron chi connectivity index (χ1n) is 9.64. The van der Waals surface area contributed by atoms with Gasteiger partial charge in [0.25, 0.3) is 5.91 Å². The summed E-state index contributed by atoms with van der Waals surface area (Å²) in [6.07, 6.45) is 0.464. The Labute approximate surface area is 169 Å². The van der Waals surface area contributed by atoms with E-state index < -0.39 is 5.92 Å². The number of hydrogen-bond acceptors (Lipinski definition) is 5. The van der Waals surface area contributed by atoms with Gasteiger partial charge in [-0.3, -0.25) is 19.1 Å². The summed E-state index contributed by atoms with van der Waals surface area (Å²) in [6.45, 7) is 2.19. The van der Waals surface area contributed by atoms with Crippen molar-refractivity contribution in [3.63, 3.8) is 0 Å². The van der Waals surface area contributed by atoms with Crippen LogP contribution in [-0.2, 0) is 21.4 Å². The second-order valence-electron chi connectivity index (χ2n) is 7.66. The minimum Gasteiger partial charge on any atom is -0.469 e. The zero-order chi connectivity index (χ0) is 20.7. The van der Waals surface area contributed by atoms with Gasteiger partial charge < -0.3 is 14.5 Å². The molecule has 152 valence electrons. The number of carbonyl (C=O) groups is 3. The summed E-state index contributed by atoms with van der Waals surface area (Å²) in [6, 6.07) is 10.6. The molecule has 3 atom stereocenters. The van der Waals surface area contributed by atoms with Gasteiger partial charge in [0.05, 0.1) is 30.8 Å². The van der Waals surface area contributed by atoms with Gasteiger partial charge in [-0.15, -0.1) is 0 Å². The van der Waals surface area contributed by atoms with Crippen molar-refractivity contribution in [3.8, 4) is 0 Å². The summed E-state index contributed by atoms with van der Waals surface area (Å²) in [7, 11) is 3.08. The molecule has 1 aromatic carbocycles. The van der Waals surface area contributed by atoms with Crippen LogP contribution in [0.4, 0.5) is 0 Å². The number of carbonyl (C=O) groups excluding carboxylic acids is 3. The molecular weight excluding hydrogens is 372 g/mol. The van der Waals surface area contributed by atoms with Crippen LogP contribution in [0.3, 0.4) is 0 Å². The molecule has 1 aromatic heterocycles. The third-order valence-corrected chi connectivity index (χ3v) is 5.80. The quantitative estimate of drug-likeness (QED) is 0.731. The molecule has 0 aliphatic carbocycles. The van der Waals surface area contributed by atoms with Crippen molar-refractivity contribution in [3.05, 3.63) is 53.3 Å². The van der Waals surface area contributed by atoms with E-state index in [2.05, 4.69) is 5.10 Å². The largest absolute Gasteiger partial charge is 0.469 e. The molecule has 8 heteroatoms. The first kappa shape index (κ1) is 19.2. The van der Waals surface area contributed by atoms with Gasteiger partial charge in [-0.2, -0.15) is 5.10 Å². The molecule has 2 aliphatic heterocycles. The SMILES string of the molecule is COC(=O)[C@H]1C[C@H]2CN(C(=O)c3cc(C)nn3C)CC(=O)N2[C@H]1c1ccccc1. The lowest BCUT2D eigenvalue weighted by molar-refractivity contribution is -0.147. The van der Waals surface area contributed by atoms with Crippen molar-refractivity contribution >= 4 is 17.8 Å². The lowest BCUT2D eigenvalue weighted by atomic mass is 9.93. The fraction of sp³-hybridized carbons (Fsp3) is 0.429. The number of methoxy groups -OCH3 is 1. The monoisotopic (exact) mass is 396 g/mol. The minimum atomic E-state index is -0.453. The van der Waals surface area contributed by atoms with E-state index in [1.807, 2.05) is 37.3 Å². The highest BCUT2D eigenvalue weighted by Gasteiger charge is 2.51. The van der Waals surface area contributed by atoms with Crippen molar-refractivity contribution in [2.75, 3.05) is 20.2 Å². The van der Waals surface area contributed by atoms with Gasteiger partial charge in [-0.1, -0.05) is 30.3 Å². The Hall–Kier alpha value is -3.16. The van der Waals surface area contributed by atoms with Gasteiger partial charge in [0, 0.05) is 13.6 Å². The first-order chi connectivity index (χ1) is 13.9. The molecule has 0 spiro atoms. The van der Waals surface area contributed by atoms with Crippen LogP contribution in [0.2, 0.25) is 0 Å². The average molecular weight is 396 g/mol. The van der Waals surface area contributed by atoms with Crippen LogP contribution >= 0.6 is 0 Å². The van der Waals surface area contributed by atoms with Crippen molar-refractivity contribution in [1.29, 1.82) is 0 Å². The zero-order valence-corrected chi connectivity index (χ0v) is 16.7. The summed E-state index contributed by atoms with van der Waals surface area (Å²) >= 11 is 0. The predicted molar refractivity (Wildman–Crippen MR) is 104 cm³/mol. The molecule has 0 radical (unpaired) electrons. The molecule has 0 N–H and O–H groups in total. The molecule has 3 heterocycles. The molecule has 8 nitrogen and oxygen atoms in total. The molecule has 2 fully saturated rings. The summed E-state index contributed by atoms with van der Waals surface area (Å²) in [5.41, 5.74) is 2.10. The minimum absolute atomic E-state index is 0.0171. The molecule has 0 bridgehead atoms. The number of fused-ring (bicyclic) bond motifs is 1.